The molecule has 0 bridgehead atoms. The lowest BCUT2D eigenvalue weighted by Gasteiger charge is -2.21. The van der Waals surface area contributed by atoms with Gasteiger partial charge >= 0.3 is 39.5 Å². The van der Waals surface area contributed by atoms with Crippen LogP contribution in [0.3, 0.4) is 0 Å². The van der Waals surface area contributed by atoms with Gasteiger partial charge in [-0.3, -0.25) is 37.3 Å². The van der Waals surface area contributed by atoms with E-state index < -0.39 is 97.5 Å². The van der Waals surface area contributed by atoms with Gasteiger partial charge in [-0.15, -0.1) is 0 Å². The van der Waals surface area contributed by atoms with Crippen molar-refractivity contribution in [2.75, 3.05) is 39.6 Å². The minimum absolute atomic E-state index is 0.102. The standard InChI is InChI=1S/C72H140O17P2/c1-8-10-11-12-13-14-15-16-20-23-26-31-39-46-53-69(74)82-59-67(88-71(76)55-48-41-32-27-24-21-18-17-19-22-25-29-36-43-50-63(3)4)61-86-90(78,79)84-57-66(73)58-85-91(80,81)87-62-68(89-72(77)56-49-42-33-28-30-37-44-51-64(5)6)60-83-70(75)54-47-40-35-34-38-45-52-65(7)9-2/h63-68,73H,8-62H2,1-7H3,(H,78,79)(H,80,81)/t65?,66-,67-,68-/m1/s1. The third-order valence-electron chi connectivity index (χ3n) is 17.0. The van der Waals surface area contributed by atoms with E-state index in [2.05, 4.69) is 48.5 Å². The number of hydrogen-bond donors (Lipinski definition) is 3. The van der Waals surface area contributed by atoms with E-state index >= 15 is 0 Å². The molecular formula is C72H140O17P2. The number of phosphoric acid groups is 2. The summed E-state index contributed by atoms with van der Waals surface area (Å²) in [7, 11) is -9.90. The molecule has 0 spiro atoms. The zero-order valence-electron chi connectivity index (χ0n) is 59.3. The Bertz CT molecular complexity index is 1790. The number of aliphatic hydroxyl groups excluding tert-OH is 1. The second-order valence-corrected chi connectivity index (χ2v) is 30.1. The molecule has 0 aliphatic heterocycles. The highest BCUT2D eigenvalue weighted by molar-refractivity contribution is 7.47. The number of ether oxygens (including phenoxy) is 4. The summed E-state index contributed by atoms with van der Waals surface area (Å²) in [5.41, 5.74) is 0. The van der Waals surface area contributed by atoms with E-state index in [1.807, 2.05) is 0 Å². The van der Waals surface area contributed by atoms with Crippen LogP contribution in [-0.2, 0) is 65.4 Å². The first kappa shape index (κ1) is 89.1. The number of carbonyl (C=O) groups excluding carboxylic acids is 4. The normalized spacial score (nSPS) is 14.5. The summed E-state index contributed by atoms with van der Waals surface area (Å²) >= 11 is 0. The van der Waals surface area contributed by atoms with Gasteiger partial charge in [0.1, 0.15) is 19.3 Å². The van der Waals surface area contributed by atoms with E-state index in [0.717, 1.165) is 108 Å². The predicted octanol–water partition coefficient (Wildman–Crippen LogP) is 20.6. The maximum atomic E-state index is 13.0. The average molecular weight is 1340 g/mol. The molecule has 3 unspecified atom stereocenters. The highest BCUT2D eigenvalue weighted by atomic mass is 31.2. The maximum absolute atomic E-state index is 13.0. The Hall–Kier alpha value is -1.94. The lowest BCUT2D eigenvalue weighted by Crippen LogP contribution is -2.30. The van der Waals surface area contributed by atoms with E-state index in [-0.39, 0.29) is 25.7 Å². The number of aliphatic hydroxyl groups is 1. The van der Waals surface area contributed by atoms with E-state index in [1.54, 1.807) is 0 Å². The Morgan fingerprint density at radius 3 is 0.835 bits per heavy atom. The molecule has 0 aliphatic carbocycles. The molecule has 0 radical (unpaired) electrons. The third kappa shape index (κ3) is 65.1. The van der Waals surface area contributed by atoms with Crippen molar-refractivity contribution in [3.05, 3.63) is 0 Å². The zero-order valence-corrected chi connectivity index (χ0v) is 61.1. The van der Waals surface area contributed by atoms with Crippen molar-refractivity contribution in [1.29, 1.82) is 0 Å². The number of unbranched alkanes of at least 4 members (excludes halogenated alkanes) is 37. The number of rotatable bonds is 70. The van der Waals surface area contributed by atoms with Crippen molar-refractivity contribution in [1.82, 2.24) is 0 Å². The number of hydrogen-bond acceptors (Lipinski definition) is 15. The first-order valence-electron chi connectivity index (χ1n) is 37.4. The summed E-state index contributed by atoms with van der Waals surface area (Å²) < 4.78 is 68.3. The van der Waals surface area contributed by atoms with Crippen LogP contribution < -0.4 is 0 Å². The van der Waals surface area contributed by atoms with Gasteiger partial charge in [0, 0.05) is 25.7 Å². The SMILES string of the molecule is CCCCCCCCCCCCCCCCC(=O)OC[C@H](COP(=O)(O)OC[C@@H](O)COP(=O)(O)OC[C@@H](COC(=O)CCCCCCCCC(C)CC)OC(=O)CCCCCCCCCC(C)C)OC(=O)CCCCCCCCCCCCCCCCC(C)C. The first-order valence-corrected chi connectivity index (χ1v) is 40.4. The number of carbonyl (C=O) groups is 4. The van der Waals surface area contributed by atoms with Crippen LogP contribution in [0, 0.1) is 17.8 Å². The van der Waals surface area contributed by atoms with Crippen molar-refractivity contribution in [3.63, 3.8) is 0 Å². The van der Waals surface area contributed by atoms with Crippen molar-refractivity contribution in [3.8, 4) is 0 Å². The summed E-state index contributed by atoms with van der Waals surface area (Å²) in [6.07, 6.45) is 47.3. The molecule has 0 amide bonds. The fraction of sp³-hybridized carbons (Fsp3) is 0.944. The van der Waals surface area contributed by atoms with E-state index in [4.69, 9.17) is 37.0 Å². The fourth-order valence-corrected chi connectivity index (χ4v) is 12.4. The highest BCUT2D eigenvalue weighted by Crippen LogP contribution is 2.45. The van der Waals surface area contributed by atoms with Gasteiger partial charge in [0.05, 0.1) is 26.4 Å². The van der Waals surface area contributed by atoms with Gasteiger partial charge in [-0.05, 0) is 43.4 Å². The Morgan fingerprint density at radius 2 is 0.560 bits per heavy atom. The van der Waals surface area contributed by atoms with Gasteiger partial charge in [0.2, 0.25) is 0 Å². The van der Waals surface area contributed by atoms with Gasteiger partial charge in [-0.1, -0.05) is 312 Å². The van der Waals surface area contributed by atoms with Gasteiger partial charge in [-0.25, -0.2) is 9.13 Å². The van der Waals surface area contributed by atoms with Crippen LogP contribution in [0.4, 0.5) is 0 Å². The van der Waals surface area contributed by atoms with Crippen molar-refractivity contribution in [2.45, 2.75) is 381 Å². The molecule has 0 aromatic carbocycles. The molecule has 0 saturated carbocycles. The Balaban J connectivity index is 5.24. The van der Waals surface area contributed by atoms with E-state index in [9.17, 15) is 43.2 Å². The van der Waals surface area contributed by atoms with Crippen molar-refractivity contribution >= 4 is 39.5 Å². The molecule has 6 atom stereocenters. The minimum Gasteiger partial charge on any atom is -0.462 e. The lowest BCUT2D eigenvalue weighted by atomic mass is 10.00. The van der Waals surface area contributed by atoms with Crippen LogP contribution in [0.15, 0.2) is 0 Å². The lowest BCUT2D eigenvalue weighted by molar-refractivity contribution is -0.161. The minimum atomic E-state index is -4.95. The summed E-state index contributed by atoms with van der Waals surface area (Å²) in [6.45, 7) is 11.8. The molecule has 540 valence electrons. The molecule has 3 N–H and O–H groups in total. The van der Waals surface area contributed by atoms with E-state index in [0.29, 0.717) is 31.6 Å². The molecule has 0 aliphatic rings. The Labute approximate surface area is 556 Å². The molecule has 0 aromatic rings. The van der Waals surface area contributed by atoms with Crippen molar-refractivity contribution < 1.29 is 80.2 Å². The number of phosphoric ester groups is 2. The first-order chi connectivity index (χ1) is 43.8. The van der Waals surface area contributed by atoms with Crippen LogP contribution in [0.25, 0.3) is 0 Å². The second kappa shape index (κ2) is 62.8. The Morgan fingerprint density at radius 1 is 0.319 bits per heavy atom. The summed E-state index contributed by atoms with van der Waals surface area (Å²) in [5.74, 6) is 0.0959. The summed E-state index contributed by atoms with van der Waals surface area (Å²) in [5, 5.41) is 10.6. The predicted molar refractivity (Wildman–Crippen MR) is 368 cm³/mol. The van der Waals surface area contributed by atoms with E-state index in [1.165, 1.54) is 167 Å². The summed E-state index contributed by atoms with van der Waals surface area (Å²) in [6, 6.07) is 0. The number of esters is 4. The molecule has 0 heterocycles. The smallest absolute Gasteiger partial charge is 0.462 e. The van der Waals surface area contributed by atoms with Crippen LogP contribution in [0.5, 0.6) is 0 Å². The molecule has 0 saturated heterocycles. The van der Waals surface area contributed by atoms with Crippen LogP contribution >= 0.6 is 15.6 Å². The zero-order chi connectivity index (χ0) is 67.3. The van der Waals surface area contributed by atoms with Gasteiger partial charge in [-0.2, -0.15) is 0 Å². The quantitative estimate of drug-likeness (QED) is 0.0222. The van der Waals surface area contributed by atoms with Gasteiger partial charge in [0.25, 0.3) is 0 Å². The van der Waals surface area contributed by atoms with Gasteiger partial charge < -0.3 is 33.8 Å². The monoisotopic (exact) mass is 1340 g/mol. The molecule has 19 heteroatoms. The molecule has 0 fully saturated rings. The molecule has 0 aromatic heterocycles. The largest absolute Gasteiger partial charge is 0.472 e. The molecular weight excluding hydrogens is 1200 g/mol. The fourth-order valence-electron chi connectivity index (χ4n) is 10.9. The summed E-state index contributed by atoms with van der Waals surface area (Å²) in [4.78, 5) is 72.6. The highest BCUT2D eigenvalue weighted by Gasteiger charge is 2.30. The average Bonchev–Trinajstić information content (AvgIpc) is 2.10. The molecule has 0 rings (SSSR count). The van der Waals surface area contributed by atoms with Crippen molar-refractivity contribution in [2.24, 2.45) is 17.8 Å². The molecule has 91 heavy (non-hydrogen) atoms. The Kier molecular flexibility index (Phi) is 61.5. The molecule has 17 nitrogen and oxygen atoms in total. The van der Waals surface area contributed by atoms with Crippen LogP contribution in [-0.4, -0.2) is 96.7 Å². The second-order valence-electron chi connectivity index (χ2n) is 27.2. The van der Waals surface area contributed by atoms with Gasteiger partial charge in [0.15, 0.2) is 12.2 Å². The third-order valence-corrected chi connectivity index (χ3v) is 18.9. The van der Waals surface area contributed by atoms with Crippen LogP contribution in [0.2, 0.25) is 0 Å². The van der Waals surface area contributed by atoms with Crippen LogP contribution in [0.1, 0.15) is 363 Å². The topological polar surface area (TPSA) is 237 Å². The maximum Gasteiger partial charge on any atom is 0.472 e.